The first-order valence-corrected chi connectivity index (χ1v) is 6.58. The fraction of sp³-hybridized carbons (Fsp3) is 0.176. The van der Waals surface area contributed by atoms with Crippen molar-refractivity contribution in [1.29, 1.82) is 5.26 Å². The Labute approximate surface area is 123 Å². The monoisotopic (exact) mass is 281 g/mol. The molecule has 0 aliphatic heterocycles. The van der Waals surface area contributed by atoms with Gasteiger partial charge in [0.25, 0.3) is 0 Å². The van der Waals surface area contributed by atoms with Crippen molar-refractivity contribution in [2.75, 3.05) is 6.61 Å². The van der Waals surface area contributed by atoms with Crippen LogP contribution in [-0.2, 0) is 4.79 Å². The Kier molecular flexibility index (Phi) is 4.94. The molecule has 0 aliphatic carbocycles. The van der Waals surface area contributed by atoms with Gasteiger partial charge in [-0.1, -0.05) is 17.7 Å². The second-order valence-electron chi connectivity index (χ2n) is 4.52. The van der Waals surface area contributed by atoms with Gasteiger partial charge in [-0.15, -0.1) is 0 Å². The van der Waals surface area contributed by atoms with Gasteiger partial charge >= 0.3 is 5.97 Å². The van der Waals surface area contributed by atoms with E-state index in [9.17, 15) is 4.79 Å². The molecular weight excluding hydrogens is 266 g/mol. The molecule has 0 saturated heterocycles. The van der Waals surface area contributed by atoms with Crippen molar-refractivity contribution in [3.8, 4) is 17.6 Å². The molecule has 2 aromatic carbocycles. The number of rotatable bonds is 5. The second-order valence-corrected chi connectivity index (χ2v) is 4.52. The lowest BCUT2D eigenvalue weighted by molar-refractivity contribution is -0.134. The molecule has 0 N–H and O–H groups in total. The summed E-state index contributed by atoms with van der Waals surface area (Å²) in [5.74, 6) is 0.785. The lowest BCUT2D eigenvalue weighted by Crippen LogP contribution is -2.12. The van der Waals surface area contributed by atoms with Crippen molar-refractivity contribution < 1.29 is 14.3 Å². The van der Waals surface area contributed by atoms with Crippen LogP contribution in [0.25, 0.3) is 0 Å². The van der Waals surface area contributed by atoms with Crippen LogP contribution in [0.4, 0.5) is 0 Å². The first-order valence-electron chi connectivity index (χ1n) is 6.58. The average Bonchev–Trinajstić information content (AvgIpc) is 2.50. The molecule has 0 heterocycles. The number of benzene rings is 2. The summed E-state index contributed by atoms with van der Waals surface area (Å²) in [7, 11) is 0. The number of aryl methyl sites for hydroxylation is 1. The summed E-state index contributed by atoms with van der Waals surface area (Å²) in [5, 5.41) is 8.68. The van der Waals surface area contributed by atoms with Gasteiger partial charge in [0, 0.05) is 0 Å². The molecule has 0 aromatic heterocycles. The molecule has 0 amide bonds. The Balaban J connectivity index is 1.76. The number of ether oxygens (including phenoxy) is 2. The molecule has 21 heavy (non-hydrogen) atoms. The zero-order valence-electron chi connectivity index (χ0n) is 11.7. The van der Waals surface area contributed by atoms with E-state index in [1.165, 1.54) is 0 Å². The van der Waals surface area contributed by atoms with Crippen molar-refractivity contribution in [1.82, 2.24) is 0 Å². The fourth-order valence-corrected chi connectivity index (χ4v) is 1.67. The van der Waals surface area contributed by atoms with Gasteiger partial charge in [-0.05, 0) is 43.3 Å². The van der Waals surface area contributed by atoms with Crippen LogP contribution in [0.5, 0.6) is 11.5 Å². The first-order chi connectivity index (χ1) is 10.2. The number of esters is 1. The Morgan fingerprint density at radius 2 is 1.67 bits per heavy atom. The highest BCUT2D eigenvalue weighted by Gasteiger charge is 2.05. The third-order valence-corrected chi connectivity index (χ3v) is 2.81. The summed E-state index contributed by atoms with van der Waals surface area (Å²) >= 11 is 0. The predicted molar refractivity (Wildman–Crippen MR) is 78.1 cm³/mol. The Morgan fingerprint density at radius 1 is 1.05 bits per heavy atom. The third kappa shape index (κ3) is 4.66. The van der Waals surface area contributed by atoms with E-state index in [1.807, 2.05) is 37.3 Å². The van der Waals surface area contributed by atoms with Crippen molar-refractivity contribution in [3.05, 3.63) is 59.7 Å². The maximum absolute atomic E-state index is 11.6. The van der Waals surface area contributed by atoms with Gasteiger partial charge < -0.3 is 9.47 Å². The Hall–Kier alpha value is -2.80. The van der Waals surface area contributed by atoms with Crippen LogP contribution in [0.1, 0.15) is 17.5 Å². The highest BCUT2D eigenvalue weighted by atomic mass is 16.5. The molecule has 0 atom stereocenters. The predicted octanol–water partition coefficient (Wildman–Crippen LogP) is 3.24. The topological polar surface area (TPSA) is 59.3 Å². The second kappa shape index (κ2) is 7.11. The van der Waals surface area contributed by atoms with Crippen LogP contribution in [0, 0.1) is 18.3 Å². The summed E-state index contributed by atoms with van der Waals surface area (Å²) in [6.07, 6.45) is 0.161. The quantitative estimate of drug-likeness (QED) is 0.623. The van der Waals surface area contributed by atoms with Crippen LogP contribution in [-0.4, -0.2) is 12.6 Å². The lowest BCUT2D eigenvalue weighted by Gasteiger charge is -2.07. The molecule has 0 fully saturated rings. The fourth-order valence-electron chi connectivity index (χ4n) is 1.67. The van der Waals surface area contributed by atoms with Gasteiger partial charge in [-0.2, -0.15) is 5.26 Å². The van der Waals surface area contributed by atoms with E-state index in [2.05, 4.69) is 0 Å². The molecule has 0 spiro atoms. The van der Waals surface area contributed by atoms with E-state index >= 15 is 0 Å². The number of nitrogens with zero attached hydrogens (tertiary/aromatic N) is 1. The zero-order chi connectivity index (χ0) is 15.1. The first kappa shape index (κ1) is 14.6. The van der Waals surface area contributed by atoms with Crippen LogP contribution < -0.4 is 9.47 Å². The number of carbonyl (C=O) groups is 1. The molecule has 0 aliphatic rings. The van der Waals surface area contributed by atoms with Crippen molar-refractivity contribution >= 4 is 5.97 Å². The third-order valence-electron chi connectivity index (χ3n) is 2.81. The normalized spacial score (nSPS) is 9.71. The average molecular weight is 281 g/mol. The van der Waals surface area contributed by atoms with E-state index < -0.39 is 0 Å². The van der Waals surface area contributed by atoms with E-state index in [0.717, 1.165) is 11.3 Å². The van der Waals surface area contributed by atoms with E-state index in [1.54, 1.807) is 24.3 Å². The molecule has 106 valence electrons. The standard InChI is InChI=1S/C17H15NO3/c1-13-2-6-15(7-3-13)20-11-10-17(19)21-16-8-4-14(12-18)5-9-16/h2-9H,10-11H2,1H3. The van der Waals surface area contributed by atoms with Crippen molar-refractivity contribution in [2.24, 2.45) is 0 Å². The highest BCUT2D eigenvalue weighted by molar-refractivity contribution is 5.72. The SMILES string of the molecule is Cc1ccc(OCCC(=O)Oc2ccc(C#N)cc2)cc1. The summed E-state index contributed by atoms with van der Waals surface area (Å²) < 4.78 is 10.6. The molecule has 0 bridgehead atoms. The number of hydrogen-bond acceptors (Lipinski definition) is 4. The van der Waals surface area contributed by atoms with E-state index in [-0.39, 0.29) is 19.0 Å². The van der Waals surface area contributed by atoms with Gasteiger partial charge in [0.2, 0.25) is 0 Å². The molecule has 2 aromatic rings. The van der Waals surface area contributed by atoms with Gasteiger partial charge in [0.15, 0.2) is 0 Å². The molecule has 2 rings (SSSR count). The van der Waals surface area contributed by atoms with Gasteiger partial charge in [-0.3, -0.25) is 4.79 Å². The Morgan fingerprint density at radius 3 is 2.29 bits per heavy atom. The number of carbonyl (C=O) groups excluding carboxylic acids is 1. The summed E-state index contributed by atoms with van der Waals surface area (Å²) in [6.45, 7) is 2.26. The molecule has 0 radical (unpaired) electrons. The van der Waals surface area contributed by atoms with Crippen molar-refractivity contribution in [3.63, 3.8) is 0 Å². The highest BCUT2D eigenvalue weighted by Crippen LogP contribution is 2.14. The van der Waals surface area contributed by atoms with Crippen molar-refractivity contribution in [2.45, 2.75) is 13.3 Å². The summed E-state index contributed by atoms with van der Waals surface area (Å²) in [6, 6.07) is 16.0. The van der Waals surface area contributed by atoms with Crippen LogP contribution in [0.15, 0.2) is 48.5 Å². The molecule has 4 nitrogen and oxygen atoms in total. The molecule has 0 unspecified atom stereocenters. The zero-order valence-corrected chi connectivity index (χ0v) is 11.7. The minimum absolute atomic E-state index is 0.161. The van der Waals surface area contributed by atoms with Crippen LogP contribution in [0.3, 0.4) is 0 Å². The van der Waals surface area contributed by atoms with Crippen LogP contribution >= 0.6 is 0 Å². The maximum Gasteiger partial charge on any atom is 0.314 e. The maximum atomic E-state index is 11.6. The summed E-state index contributed by atoms with van der Waals surface area (Å²) in [4.78, 5) is 11.6. The Bertz CT molecular complexity index is 639. The smallest absolute Gasteiger partial charge is 0.314 e. The van der Waals surface area contributed by atoms with Gasteiger partial charge in [0.1, 0.15) is 11.5 Å². The minimum atomic E-state index is -0.369. The van der Waals surface area contributed by atoms with E-state index in [0.29, 0.717) is 11.3 Å². The van der Waals surface area contributed by atoms with E-state index in [4.69, 9.17) is 14.7 Å². The molecule has 0 saturated carbocycles. The number of hydrogen-bond donors (Lipinski definition) is 0. The minimum Gasteiger partial charge on any atom is -0.493 e. The molecular formula is C17H15NO3. The lowest BCUT2D eigenvalue weighted by atomic mass is 10.2. The largest absolute Gasteiger partial charge is 0.493 e. The van der Waals surface area contributed by atoms with Crippen LogP contribution in [0.2, 0.25) is 0 Å². The van der Waals surface area contributed by atoms with Gasteiger partial charge in [-0.25, -0.2) is 0 Å². The van der Waals surface area contributed by atoms with Gasteiger partial charge in [0.05, 0.1) is 24.7 Å². The summed E-state index contributed by atoms with van der Waals surface area (Å²) in [5.41, 5.74) is 1.68. The number of nitriles is 1. The molecule has 4 heteroatoms.